The van der Waals surface area contributed by atoms with Crippen LogP contribution in [0, 0.1) is 0 Å². The van der Waals surface area contributed by atoms with Crippen LogP contribution in [0.4, 0.5) is 0 Å². The second kappa shape index (κ2) is 9.59. The van der Waals surface area contributed by atoms with Crippen LogP contribution >= 0.6 is 35.3 Å². The molecule has 2 fully saturated rings. The molecule has 0 bridgehead atoms. The number of guanidine groups is 1. The van der Waals surface area contributed by atoms with Crippen molar-refractivity contribution < 1.29 is 9.21 Å². The highest BCUT2D eigenvalue weighted by Crippen LogP contribution is 2.23. The first-order valence-electron chi connectivity index (χ1n) is 9.17. The van der Waals surface area contributed by atoms with Crippen LogP contribution < -0.4 is 5.32 Å². The number of hydrogen-bond donors (Lipinski definition) is 1. The Morgan fingerprint density at radius 1 is 1.33 bits per heavy atom. The standard InChI is InChI=1S/C19H24N4O2S.HI/c24-18-6-5-15-14-22(9-10-23(15)18)19(21-13-17-4-2-12-26-17)20-8-7-16-3-1-11-25-16;/h1-4,11-12,15H,5-10,13-14H2,(H,20,21);1H. The van der Waals surface area contributed by atoms with E-state index >= 15 is 0 Å². The van der Waals surface area contributed by atoms with Gasteiger partial charge in [-0.05, 0) is 30.0 Å². The lowest BCUT2D eigenvalue weighted by molar-refractivity contribution is -0.130. The molecular weight excluding hydrogens is 475 g/mol. The van der Waals surface area contributed by atoms with E-state index in [0.717, 1.165) is 50.7 Å². The number of carbonyl (C=O) groups excluding carboxylic acids is 1. The Morgan fingerprint density at radius 2 is 2.26 bits per heavy atom. The first kappa shape index (κ1) is 20.2. The number of thiophene rings is 1. The number of piperazine rings is 1. The zero-order valence-electron chi connectivity index (χ0n) is 15.2. The van der Waals surface area contributed by atoms with E-state index in [2.05, 4.69) is 27.7 Å². The predicted octanol–water partition coefficient (Wildman–Crippen LogP) is 2.95. The molecule has 2 saturated heterocycles. The molecular formula is C19H25IN4O2S. The van der Waals surface area contributed by atoms with Crippen molar-refractivity contribution in [1.29, 1.82) is 0 Å². The number of nitrogens with one attached hydrogen (secondary N) is 1. The van der Waals surface area contributed by atoms with Crippen LogP contribution in [0.1, 0.15) is 23.5 Å². The Hall–Kier alpha value is -1.55. The number of rotatable bonds is 5. The largest absolute Gasteiger partial charge is 0.469 e. The SMILES string of the molecule is I.O=C1CCC2CN(C(=NCc3cccs3)NCCc3ccco3)CCN12. The lowest BCUT2D eigenvalue weighted by atomic mass is 10.1. The third kappa shape index (κ3) is 5.04. The molecule has 8 heteroatoms. The molecule has 2 aliphatic heterocycles. The molecule has 2 aromatic rings. The van der Waals surface area contributed by atoms with Crippen molar-refractivity contribution in [1.82, 2.24) is 15.1 Å². The molecule has 2 aromatic heterocycles. The summed E-state index contributed by atoms with van der Waals surface area (Å²) >= 11 is 1.73. The van der Waals surface area contributed by atoms with Crippen LogP contribution in [0.25, 0.3) is 0 Å². The predicted molar refractivity (Wildman–Crippen MR) is 118 cm³/mol. The zero-order valence-corrected chi connectivity index (χ0v) is 18.3. The van der Waals surface area contributed by atoms with Crippen LogP contribution in [0.3, 0.4) is 0 Å². The molecule has 4 heterocycles. The topological polar surface area (TPSA) is 61.1 Å². The highest BCUT2D eigenvalue weighted by Gasteiger charge is 2.36. The monoisotopic (exact) mass is 500 g/mol. The third-order valence-corrected chi connectivity index (χ3v) is 5.85. The van der Waals surface area contributed by atoms with Gasteiger partial charge in [0.25, 0.3) is 0 Å². The second-order valence-electron chi connectivity index (χ2n) is 6.70. The number of furan rings is 1. The molecule has 6 nitrogen and oxygen atoms in total. The smallest absolute Gasteiger partial charge is 0.223 e. The van der Waals surface area contributed by atoms with E-state index in [0.29, 0.717) is 24.9 Å². The minimum Gasteiger partial charge on any atom is -0.469 e. The highest BCUT2D eigenvalue weighted by molar-refractivity contribution is 14.0. The van der Waals surface area contributed by atoms with Gasteiger partial charge in [0.2, 0.25) is 5.91 Å². The average Bonchev–Trinajstić information content (AvgIpc) is 3.41. The molecule has 0 spiro atoms. The van der Waals surface area contributed by atoms with Gasteiger partial charge in [0.05, 0.1) is 12.8 Å². The number of hydrogen-bond acceptors (Lipinski definition) is 4. The van der Waals surface area contributed by atoms with E-state index in [1.54, 1.807) is 17.6 Å². The summed E-state index contributed by atoms with van der Waals surface area (Å²) in [6.45, 7) is 3.95. The van der Waals surface area contributed by atoms with Gasteiger partial charge in [0, 0.05) is 49.9 Å². The van der Waals surface area contributed by atoms with E-state index in [4.69, 9.17) is 9.41 Å². The summed E-state index contributed by atoms with van der Waals surface area (Å²) in [5.74, 6) is 2.21. The molecule has 0 saturated carbocycles. The summed E-state index contributed by atoms with van der Waals surface area (Å²) in [7, 11) is 0. The fourth-order valence-corrected chi connectivity index (χ4v) is 4.26. The van der Waals surface area contributed by atoms with Gasteiger partial charge in [-0.2, -0.15) is 0 Å². The molecule has 146 valence electrons. The summed E-state index contributed by atoms with van der Waals surface area (Å²) in [5.41, 5.74) is 0. The Labute approximate surface area is 180 Å². The van der Waals surface area contributed by atoms with E-state index in [1.165, 1.54) is 4.88 Å². The first-order valence-corrected chi connectivity index (χ1v) is 10.0. The maximum absolute atomic E-state index is 11.9. The molecule has 1 atom stereocenters. The summed E-state index contributed by atoms with van der Waals surface area (Å²) < 4.78 is 5.41. The number of carbonyl (C=O) groups is 1. The third-order valence-electron chi connectivity index (χ3n) is 4.99. The minimum absolute atomic E-state index is 0. The number of halogens is 1. The maximum Gasteiger partial charge on any atom is 0.223 e. The Bertz CT molecular complexity index is 748. The minimum atomic E-state index is 0. The highest BCUT2D eigenvalue weighted by atomic mass is 127. The van der Waals surface area contributed by atoms with Crippen LogP contribution in [0.5, 0.6) is 0 Å². The molecule has 0 aliphatic carbocycles. The van der Waals surface area contributed by atoms with Gasteiger partial charge in [-0.15, -0.1) is 35.3 Å². The van der Waals surface area contributed by atoms with Crippen LogP contribution in [-0.2, 0) is 17.8 Å². The average molecular weight is 500 g/mol. The van der Waals surface area contributed by atoms with Gasteiger partial charge in [-0.25, -0.2) is 4.99 Å². The van der Waals surface area contributed by atoms with Gasteiger partial charge in [-0.1, -0.05) is 6.07 Å². The van der Waals surface area contributed by atoms with Gasteiger partial charge in [-0.3, -0.25) is 4.79 Å². The Balaban J connectivity index is 0.00000210. The molecule has 1 amide bonds. The first-order chi connectivity index (χ1) is 12.8. The lowest BCUT2D eigenvalue weighted by Crippen LogP contribution is -2.56. The van der Waals surface area contributed by atoms with Gasteiger partial charge >= 0.3 is 0 Å². The summed E-state index contributed by atoms with van der Waals surface area (Å²) in [5, 5.41) is 5.58. The number of amides is 1. The maximum atomic E-state index is 11.9. The number of nitrogens with zero attached hydrogens (tertiary/aromatic N) is 3. The fourth-order valence-electron chi connectivity index (χ4n) is 3.63. The quantitative estimate of drug-likeness (QED) is 0.390. The normalized spacial score (nSPS) is 19.8. The molecule has 1 N–H and O–H groups in total. The molecule has 2 aliphatic rings. The Morgan fingerprint density at radius 3 is 3.04 bits per heavy atom. The fraction of sp³-hybridized carbons (Fsp3) is 0.474. The second-order valence-corrected chi connectivity index (χ2v) is 7.73. The number of fused-ring (bicyclic) bond motifs is 1. The molecule has 27 heavy (non-hydrogen) atoms. The van der Waals surface area contributed by atoms with Crippen LogP contribution in [0.15, 0.2) is 45.3 Å². The summed E-state index contributed by atoms with van der Waals surface area (Å²) in [6, 6.07) is 8.41. The lowest BCUT2D eigenvalue weighted by Gasteiger charge is -2.39. The molecule has 0 radical (unpaired) electrons. The van der Waals surface area contributed by atoms with Crippen molar-refractivity contribution in [3.63, 3.8) is 0 Å². The van der Waals surface area contributed by atoms with Crippen molar-refractivity contribution >= 4 is 47.2 Å². The van der Waals surface area contributed by atoms with E-state index in [-0.39, 0.29) is 24.0 Å². The van der Waals surface area contributed by atoms with E-state index in [9.17, 15) is 4.79 Å². The van der Waals surface area contributed by atoms with Gasteiger partial charge in [0.15, 0.2) is 5.96 Å². The van der Waals surface area contributed by atoms with E-state index in [1.807, 2.05) is 17.0 Å². The van der Waals surface area contributed by atoms with Crippen molar-refractivity contribution in [3.8, 4) is 0 Å². The van der Waals surface area contributed by atoms with Crippen molar-refractivity contribution in [2.45, 2.75) is 31.8 Å². The van der Waals surface area contributed by atoms with Crippen molar-refractivity contribution in [3.05, 3.63) is 46.5 Å². The van der Waals surface area contributed by atoms with Gasteiger partial charge < -0.3 is 19.5 Å². The number of aliphatic imine (C=N–C) groups is 1. The molecule has 0 aromatic carbocycles. The van der Waals surface area contributed by atoms with Crippen LogP contribution in [0.2, 0.25) is 0 Å². The summed E-state index contributed by atoms with van der Waals surface area (Å²) in [4.78, 5) is 22.4. The zero-order chi connectivity index (χ0) is 17.8. The van der Waals surface area contributed by atoms with Crippen molar-refractivity contribution in [2.75, 3.05) is 26.2 Å². The molecule has 4 rings (SSSR count). The Kier molecular flexibility index (Phi) is 7.17. The van der Waals surface area contributed by atoms with Gasteiger partial charge in [0.1, 0.15) is 5.76 Å². The summed E-state index contributed by atoms with van der Waals surface area (Å²) in [6.07, 6.45) is 4.18. The van der Waals surface area contributed by atoms with Crippen LogP contribution in [-0.4, -0.2) is 53.9 Å². The van der Waals surface area contributed by atoms with E-state index < -0.39 is 0 Å². The van der Waals surface area contributed by atoms with Crippen molar-refractivity contribution in [2.24, 2.45) is 4.99 Å². The molecule has 1 unspecified atom stereocenters.